The minimum absolute atomic E-state index is 0. The zero-order chi connectivity index (χ0) is 15.7. The van der Waals surface area contributed by atoms with Gasteiger partial charge in [0.2, 0.25) is 10.0 Å². The highest BCUT2D eigenvalue weighted by molar-refractivity contribution is 7.89. The molecule has 1 aliphatic heterocycles. The average Bonchev–Trinajstić information content (AvgIpc) is 2.54. The van der Waals surface area contributed by atoms with Crippen LogP contribution < -0.4 is 5.73 Å². The normalized spacial score (nSPS) is 22.7. The van der Waals surface area contributed by atoms with Crippen LogP contribution in [-0.4, -0.2) is 31.9 Å². The zero-order valence-electron chi connectivity index (χ0n) is 13.2. The molecule has 0 aliphatic carbocycles. The molecule has 1 fully saturated rings. The number of rotatable bonds is 3. The van der Waals surface area contributed by atoms with Crippen molar-refractivity contribution in [1.82, 2.24) is 4.31 Å². The molecule has 1 heterocycles. The number of nitrogens with zero attached hydrogens (tertiary/aromatic N) is 1. The maximum atomic E-state index is 13.2. The first kappa shape index (κ1) is 18.2. The molecule has 4 nitrogen and oxygen atoms in total. The summed E-state index contributed by atoms with van der Waals surface area (Å²) in [5.41, 5.74) is 5.87. The standard InChI is InChI=1S/C17H22N2O2S.ClH/c1-13-6-5-11-19(16(13)12-18)22(20,21)17-10-4-8-14-7-2-3-9-15(14)17;/h2-4,7-10,13,16H,5-6,11-12,18H2,1H3;1H. The van der Waals surface area contributed by atoms with E-state index in [-0.39, 0.29) is 18.4 Å². The van der Waals surface area contributed by atoms with Crippen molar-refractivity contribution in [3.05, 3.63) is 42.5 Å². The highest BCUT2D eigenvalue weighted by Crippen LogP contribution is 2.31. The van der Waals surface area contributed by atoms with Gasteiger partial charge in [0.1, 0.15) is 0 Å². The topological polar surface area (TPSA) is 63.4 Å². The molecule has 0 radical (unpaired) electrons. The molecular weight excluding hydrogens is 332 g/mol. The van der Waals surface area contributed by atoms with Crippen molar-refractivity contribution in [2.75, 3.05) is 13.1 Å². The molecule has 2 aromatic rings. The molecule has 23 heavy (non-hydrogen) atoms. The van der Waals surface area contributed by atoms with E-state index in [9.17, 15) is 8.42 Å². The van der Waals surface area contributed by atoms with Gasteiger partial charge in [0.05, 0.1) is 4.90 Å². The maximum absolute atomic E-state index is 13.2. The van der Waals surface area contributed by atoms with Gasteiger partial charge in [0.25, 0.3) is 0 Å². The van der Waals surface area contributed by atoms with Gasteiger partial charge in [0.15, 0.2) is 0 Å². The number of sulfonamides is 1. The molecule has 1 saturated heterocycles. The lowest BCUT2D eigenvalue weighted by Crippen LogP contribution is -2.51. The van der Waals surface area contributed by atoms with Crippen LogP contribution in [0.1, 0.15) is 19.8 Å². The fourth-order valence-electron chi connectivity index (χ4n) is 3.41. The third kappa shape index (κ3) is 3.24. The van der Waals surface area contributed by atoms with Crippen LogP contribution in [0.2, 0.25) is 0 Å². The average molecular weight is 355 g/mol. The van der Waals surface area contributed by atoms with E-state index >= 15 is 0 Å². The van der Waals surface area contributed by atoms with E-state index in [4.69, 9.17) is 5.73 Å². The summed E-state index contributed by atoms with van der Waals surface area (Å²) in [5, 5.41) is 1.72. The van der Waals surface area contributed by atoms with Gasteiger partial charge < -0.3 is 5.73 Å². The zero-order valence-corrected chi connectivity index (χ0v) is 14.8. The molecule has 0 amide bonds. The van der Waals surface area contributed by atoms with E-state index in [2.05, 4.69) is 6.92 Å². The lowest BCUT2D eigenvalue weighted by Gasteiger charge is -2.38. The number of halogens is 1. The van der Waals surface area contributed by atoms with E-state index in [1.165, 1.54) is 0 Å². The van der Waals surface area contributed by atoms with Crippen molar-refractivity contribution in [3.63, 3.8) is 0 Å². The van der Waals surface area contributed by atoms with Crippen LogP contribution in [-0.2, 0) is 10.0 Å². The number of benzene rings is 2. The summed E-state index contributed by atoms with van der Waals surface area (Å²) in [6, 6.07) is 12.9. The Morgan fingerprint density at radius 2 is 1.87 bits per heavy atom. The van der Waals surface area contributed by atoms with Crippen LogP contribution in [0.4, 0.5) is 0 Å². The van der Waals surface area contributed by atoms with Gasteiger partial charge in [-0.1, -0.05) is 43.3 Å². The Morgan fingerprint density at radius 1 is 1.17 bits per heavy atom. The Bertz CT molecular complexity index is 774. The summed E-state index contributed by atoms with van der Waals surface area (Å²) >= 11 is 0. The van der Waals surface area contributed by atoms with Crippen LogP contribution in [0, 0.1) is 5.92 Å². The molecule has 1 aliphatic rings. The van der Waals surface area contributed by atoms with Gasteiger partial charge in [-0.25, -0.2) is 8.42 Å². The second-order valence-electron chi connectivity index (χ2n) is 6.02. The number of piperidine rings is 1. The highest BCUT2D eigenvalue weighted by atomic mass is 35.5. The van der Waals surface area contributed by atoms with Gasteiger partial charge in [0, 0.05) is 24.5 Å². The molecular formula is C17H23ClN2O2S. The molecule has 0 saturated carbocycles. The van der Waals surface area contributed by atoms with Crippen molar-refractivity contribution in [1.29, 1.82) is 0 Å². The second kappa shape index (κ2) is 7.18. The number of hydrogen-bond donors (Lipinski definition) is 1. The molecule has 2 atom stereocenters. The predicted octanol–water partition coefficient (Wildman–Crippen LogP) is 3.01. The SMILES string of the molecule is CC1CCCN(S(=O)(=O)c2cccc3ccccc23)C1CN.Cl. The Hall–Kier alpha value is -1.14. The van der Waals surface area contributed by atoms with Gasteiger partial charge in [-0.05, 0) is 30.2 Å². The Kier molecular flexibility index (Phi) is 5.68. The van der Waals surface area contributed by atoms with Crippen LogP contribution in [0.25, 0.3) is 10.8 Å². The van der Waals surface area contributed by atoms with Crippen LogP contribution >= 0.6 is 12.4 Å². The molecule has 0 spiro atoms. The van der Waals surface area contributed by atoms with Gasteiger partial charge in [-0.2, -0.15) is 4.31 Å². The van der Waals surface area contributed by atoms with E-state index in [1.807, 2.05) is 30.3 Å². The van der Waals surface area contributed by atoms with Gasteiger partial charge in [-0.15, -0.1) is 12.4 Å². The molecule has 2 aromatic carbocycles. The largest absolute Gasteiger partial charge is 0.329 e. The molecule has 126 valence electrons. The minimum Gasteiger partial charge on any atom is -0.329 e. The molecule has 0 aromatic heterocycles. The number of hydrogen-bond acceptors (Lipinski definition) is 3. The monoisotopic (exact) mass is 354 g/mol. The van der Waals surface area contributed by atoms with Crippen molar-refractivity contribution in [3.8, 4) is 0 Å². The van der Waals surface area contributed by atoms with Gasteiger partial charge >= 0.3 is 0 Å². The lowest BCUT2D eigenvalue weighted by atomic mass is 9.93. The smallest absolute Gasteiger partial charge is 0.243 e. The summed E-state index contributed by atoms with van der Waals surface area (Å²) in [6.45, 7) is 3.01. The first-order valence-electron chi connectivity index (χ1n) is 7.75. The quantitative estimate of drug-likeness (QED) is 0.921. The van der Waals surface area contributed by atoms with Crippen LogP contribution in [0.15, 0.2) is 47.4 Å². The summed E-state index contributed by atoms with van der Waals surface area (Å²) in [6.07, 6.45) is 1.92. The fourth-order valence-corrected chi connectivity index (χ4v) is 5.39. The Labute approximate surface area is 144 Å². The van der Waals surface area contributed by atoms with Crippen LogP contribution in [0.3, 0.4) is 0 Å². The van der Waals surface area contributed by atoms with E-state index in [0.29, 0.717) is 23.9 Å². The summed E-state index contributed by atoms with van der Waals surface area (Å²) in [7, 11) is -3.53. The highest BCUT2D eigenvalue weighted by Gasteiger charge is 2.36. The second-order valence-corrected chi connectivity index (χ2v) is 7.87. The predicted molar refractivity (Wildman–Crippen MR) is 96.3 cm³/mol. The fraction of sp³-hybridized carbons (Fsp3) is 0.412. The van der Waals surface area contributed by atoms with E-state index < -0.39 is 10.0 Å². The molecule has 0 bridgehead atoms. The lowest BCUT2D eigenvalue weighted by molar-refractivity contribution is 0.192. The molecule has 3 rings (SSSR count). The maximum Gasteiger partial charge on any atom is 0.243 e. The Balaban J connectivity index is 0.00000192. The summed E-state index contributed by atoms with van der Waals surface area (Å²) in [4.78, 5) is 0.387. The first-order valence-corrected chi connectivity index (χ1v) is 9.19. The molecule has 2 unspecified atom stereocenters. The third-order valence-electron chi connectivity index (χ3n) is 4.64. The van der Waals surface area contributed by atoms with Gasteiger partial charge in [-0.3, -0.25) is 0 Å². The van der Waals surface area contributed by atoms with Crippen molar-refractivity contribution >= 4 is 33.2 Å². The van der Waals surface area contributed by atoms with Crippen LogP contribution in [0.5, 0.6) is 0 Å². The van der Waals surface area contributed by atoms with Crippen molar-refractivity contribution < 1.29 is 8.42 Å². The van der Waals surface area contributed by atoms with E-state index in [0.717, 1.165) is 23.6 Å². The third-order valence-corrected chi connectivity index (χ3v) is 6.63. The molecule has 6 heteroatoms. The van der Waals surface area contributed by atoms with Crippen molar-refractivity contribution in [2.45, 2.75) is 30.7 Å². The van der Waals surface area contributed by atoms with Crippen molar-refractivity contribution in [2.24, 2.45) is 11.7 Å². The summed E-state index contributed by atoms with van der Waals surface area (Å²) in [5.74, 6) is 0.295. The minimum atomic E-state index is -3.53. The molecule has 2 N–H and O–H groups in total. The number of fused-ring (bicyclic) bond motifs is 1. The number of nitrogens with two attached hydrogens (primary N) is 1. The first-order chi connectivity index (χ1) is 10.6. The Morgan fingerprint density at radius 3 is 2.61 bits per heavy atom. The summed E-state index contributed by atoms with van der Waals surface area (Å²) < 4.78 is 28.0. The van der Waals surface area contributed by atoms with E-state index in [1.54, 1.807) is 16.4 Å².